The van der Waals surface area contributed by atoms with Crippen LogP contribution in [0.1, 0.15) is 24.8 Å². The number of aliphatic carboxylic acids is 1. The fourth-order valence-corrected chi connectivity index (χ4v) is 2.48. The van der Waals surface area contributed by atoms with Crippen LogP contribution >= 0.6 is 0 Å². The number of benzene rings is 1. The second kappa shape index (κ2) is 11.4. The highest BCUT2D eigenvalue weighted by atomic mass is 16.4. The van der Waals surface area contributed by atoms with Crippen molar-refractivity contribution in [3.05, 3.63) is 29.8 Å². The number of carboxylic acid groups (broad SMARTS) is 1. The number of amides is 4. The van der Waals surface area contributed by atoms with Gasteiger partial charge in [0, 0.05) is 12.8 Å². The normalized spacial score (nSPS) is 13.5. The number of nitrogens with two attached hydrogens (primary N) is 3. The summed E-state index contributed by atoms with van der Waals surface area (Å²) in [5, 5.41) is 23.2. The van der Waals surface area contributed by atoms with E-state index in [0.717, 1.165) is 0 Å². The molecule has 1 rings (SSSR count). The zero-order valence-corrected chi connectivity index (χ0v) is 16.0. The summed E-state index contributed by atoms with van der Waals surface area (Å²) < 4.78 is 0. The first-order valence-corrected chi connectivity index (χ1v) is 8.93. The van der Waals surface area contributed by atoms with Gasteiger partial charge in [0.25, 0.3) is 0 Å². The monoisotopic (exact) mass is 423 g/mol. The van der Waals surface area contributed by atoms with E-state index in [1.165, 1.54) is 24.3 Å². The molecule has 0 aliphatic heterocycles. The van der Waals surface area contributed by atoms with E-state index in [2.05, 4.69) is 10.6 Å². The van der Waals surface area contributed by atoms with E-state index in [4.69, 9.17) is 17.2 Å². The molecule has 0 aromatic heterocycles. The van der Waals surface area contributed by atoms with Gasteiger partial charge in [-0.3, -0.25) is 19.2 Å². The van der Waals surface area contributed by atoms with Crippen molar-refractivity contribution in [2.45, 2.75) is 43.8 Å². The van der Waals surface area contributed by atoms with E-state index in [-0.39, 0.29) is 25.0 Å². The molecule has 3 atom stereocenters. The van der Waals surface area contributed by atoms with Crippen molar-refractivity contribution < 1.29 is 34.2 Å². The van der Waals surface area contributed by atoms with Crippen LogP contribution in [0.5, 0.6) is 5.75 Å². The fourth-order valence-electron chi connectivity index (χ4n) is 2.48. The van der Waals surface area contributed by atoms with E-state index in [0.29, 0.717) is 5.56 Å². The summed E-state index contributed by atoms with van der Waals surface area (Å²) in [5.74, 6) is -4.62. The molecule has 12 nitrogen and oxygen atoms in total. The van der Waals surface area contributed by atoms with Gasteiger partial charge in [-0.25, -0.2) is 4.79 Å². The molecule has 0 spiro atoms. The first kappa shape index (κ1) is 24.4. The van der Waals surface area contributed by atoms with Gasteiger partial charge in [-0.1, -0.05) is 12.1 Å². The summed E-state index contributed by atoms with van der Waals surface area (Å²) in [5.41, 5.74) is 16.2. The van der Waals surface area contributed by atoms with Crippen LogP contribution in [0.15, 0.2) is 24.3 Å². The van der Waals surface area contributed by atoms with Gasteiger partial charge in [0.15, 0.2) is 0 Å². The Morgan fingerprint density at radius 2 is 1.47 bits per heavy atom. The fraction of sp³-hybridized carbons (Fsp3) is 0.389. The standard InChI is InChI=1S/C18H25N5O7/c19-11(8-15(21)26)16(27)23-13(7-9-1-3-10(24)4-2-9)17(28)22-12(18(29)30)5-6-14(20)25/h1-4,11-13,24H,5-8,19H2,(H2,20,25)(H2,21,26)(H,22,28)(H,23,27)(H,29,30)/t11-,12-,13-/m0/s1. The molecule has 10 N–H and O–H groups in total. The molecular weight excluding hydrogens is 398 g/mol. The van der Waals surface area contributed by atoms with Crippen molar-refractivity contribution in [2.75, 3.05) is 0 Å². The zero-order valence-electron chi connectivity index (χ0n) is 16.0. The lowest BCUT2D eigenvalue weighted by Gasteiger charge is -2.23. The smallest absolute Gasteiger partial charge is 0.326 e. The number of carboxylic acids is 1. The summed E-state index contributed by atoms with van der Waals surface area (Å²) in [6, 6.07) is 1.79. The number of nitrogens with one attached hydrogen (secondary N) is 2. The van der Waals surface area contributed by atoms with Crippen LogP contribution in [0.25, 0.3) is 0 Å². The molecule has 0 radical (unpaired) electrons. The van der Waals surface area contributed by atoms with Crippen molar-refractivity contribution in [2.24, 2.45) is 17.2 Å². The van der Waals surface area contributed by atoms with Crippen LogP contribution in [0.3, 0.4) is 0 Å². The maximum atomic E-state index is 12.7. The Morgan fingerprint density at radius 1 is 0.900 bits per heavy atom. The van der Waals surface area contributed by atoms with Gasteiger partial charge in [-0.2, -0.15) is 0 Å². The summed E-state index contributed by atoms with van der Waals surface area (Å²) in [7, 11) is 0. The Balaban J connectivity index is 2.98. The molecule has 0 unspecified atom stereocenters. The number of hydrogen-bond acceptors (Lipinski definition) is 7. The van der Waals surface area contributed by atoms with Crippen molar-refractivity contribution in [1.29, 1.82) is 0 Å². The van der Waals surface area contributed by atoms with Gasteiger partial charge in [-0.05, 0) is 24.1 Å². The molecule has 0 fully saturated rings. The van der Waals surface area contributed by atoms with Crippen LogP contribution in [-0.4, -0.2) is 57.9 Å². The minimum atomic E-state index is -1.41. The van der Waals surface area contributed by atoms with Crippen molar-refractivity contribution in [3.63, 3.8) is 0 Å². The van der Waals surface area contributed by atoms with Crippen molar-refractivity contribution in [1.82, 2.24) is 10.6 Å². The molecule has 12 heteroatoms. The molecule has 4 amide bonds. The SMILES string of the molecule is NC(=O)CC[C@H](NC(=O)[C@H](Cc1ccc(O)cc1)NC(=O)[C@@H](N)CC(N)=O)C(=O)O. The van der Waals surface area contributed by atoms with E-state index >= 15 is 0 Å². The van der Waals surface area contributed by atoms with Gasteiger partial charge in [-0.15, -0.1) is 0 Å². The summed E-state index contributed by atoms with van der Waals surface area (Å²) in [6.45, 7) is 0. The molecule has 1 aromatic carbocycles. The van der Waals surface area contributed by atoms with E-state index in [1.54, 1.807) is 0 Å². The highest BCUT2D eigenvalue weighted by molar-refractivity contribution is 5.93. The first-order chi connectivity index (χ1) is 14.0. The number of aromatic hydroxyl groups is 1. The molecule has 0 heterocycles. The van der Waals surface area contributed by atoms with Crippen LogP contribution < -0.4 is 27.8 Å². The highest BCUT2D eigenvalue weighted by Crippen LogP contribution is 2.12. The minimum absolute atomic E-state index is 0.00957. The maximum absolute atomic E-state index is 12.7. The molecule has 164 valence electrons. The minimum Gasteiger partial charge on any atom is -0.508 e. The third-order valence-corrected chi connectivity index (χ3v) is 4.06. The van der Waals surface area contributed by atoms with E-state index in [1.807, 2.05) is 0 Å². The predicted molar refractivity (Wildman–Crippen MR) is 104 cm³/mol. The molecule has 0 saturated carbocycles. The Labute approximate surface area is 171 Å². The average molecular weight is 423 g/mol. The number of phenols is 1. The van der Waals surface area contributed by atoms with Crippen LogP contribution in [0.4, 0.5) is 0 Å². The molecule has 1 aromatic rings. The van der Waals surface area contributed by atoms with Gasteiger partial charge in [0.2, 0.25) is 23.6 Å². The second-order valence-electron chi connectivity index (χ2n) is 6.61. The molecule has 0 bridgehead atoms. The zero-order chi connectivity index (χ0) is 22.8. The van der Waals surface area contributed by atoms with Crippen molar-refractivity contribution in [3.8, 4) is 5.75 Å². The van der Waals surface area contributed by atoms with Crippen molar-refractivity contribution >= 4 is 29.6 Å². The Kier molecular flexibility index (Phi) is 9.23. The molecule has 0 saturated heterocycles. The topological polar surface area (TPSA) is 228 Å². The number of primary amides is 2. The lowest BCUT2D eigenvalue weighted by Crippen LogP contribution is -2.55. The van der Waals surface area contributed by atoms with E-state index < -0.39 is 54.1 Å². The lowest BCUT2D eigenvalue weighted by atomic mass is 10.0. The number of carbonyl (C=O) groups is 5. The van der Waals surface area contributed by atoms with Gasteiger partial charge in [0.1, 0.15) is 17.8 Å². The second-order valence-corrected chi connectivity index (χ2v) is 6.61. The number of carbonyl (C=O) groups excluding carboxylic acids is 4. The Hall–Kier alpha value is -3.67. The van der Waals surface area contributed by atoms with Crippen LogP contribution in [0, 0.1) is 0 Å². The molecular formula is C18H25N5O7. The summed E-state index contributed by atoms with van der Waals surface area (Å²) >= 11 is 0. The Morgan fingerprint density at radius 3 is 1.97 bits per heavy atom. The lowest BCUT2D eigenvalue weighted by molar-refractivity contribution is -0.142. The van der Waals surface area contributed by atoms with E-state index in [9.17, 15) is 34.2 Å². The highest BCUT2D eigenvalue weighted by Gasteiger charge is 2.28. The Bertz CT molecular complexity index is 797. The number of phenolic OH excluding ortho intramolecular Hbond substituents is 1. The summed E-state index contributed by atoms with van der Waals surface area (Å²) in [6.07, 6.45) is -1.02. The maximum Gasteiger partial charge on any atom is 0.326 e. The molecule has 0 aliphatic carbocycles. The number of rotatable bonds is 12. The third-order valence-electron chi connectivity index (χ3n) is 4.06. The average Bonchev–Trinajstić information content (AvgIpc) is 2.64. The summed E-state index contributed by atoms with van der Waals surface area (Å²) in [4.78, 5) is 58.1. The van der Waals surface area contributed by atoms with Gasteiger partial charge >= 0.3 is 5.97 Å². The largest absolute Gasteiger partial charge is 0.508 e. The molecule has 0 aliphatic rings. The first-order valence-electron chi connectivity index (χ1n) is 8.93. The van der Waals surface area contributed by atoms with Crippen LogP contribution in [-0.2, 0) is 30.4 Å². The quantitative estimate of drug-likeness (QED) is 0.189. The van der Waals surface area contributed by atoms with Gasteiger partial charge < -0.3 is 38.0 Å². The van der Waals surface area contributed by atoms with Crippen LogP contribution in [0.2, 0.25) is 0 Å². The molecule has 30 heavy (non-hydrogen) atoms. The number of hydrogen-bond donors (Lipinski definition) is 7. The van der Waals surface area contributed by atoms with Gasteiger partial charge in [0.05, 0.1) is 12.5 Å². The predicted octanol–water partition coefficient (Wildman–Crippen LogP) is -2.54. The third kappa shape index (κ3) is 8.56.